The van der Waals surface area contributed by atoms with Crippen LogP contribution in [-0.4, -0.2) is 0 Å². The lowest BCUT2D eigenvalue weighted by Gasteiger charge is -2.12. The van der Waals surface area contributed by atoms with Crippen LogP contribution in [0.5, 0.6) is 0 Å². The summed E-state index contributed by atoms with van der Waals surface area (Å²) in [5.41, 5.74) is 0.472. The first-order valence-corrected chi connectivity index (χ1v) is 2.66. The molecule has 0 radical (unpaired) electrons. The van der Waals surface area contributed by atoms with E-state index in [-0.39, 0.29) is 0 Å². The van der Waals surface area contributed by atoms with Crippen LogP contribution < -0.4 is 0 Å². The first-order valence-electron chi connectivity index (χ1n) is 2.66. The van der Waals surface area contributed by atoms with Crippen LogP contribution in [0, 0.1) is 17.3 Å². The largest absolute Gasteiger partial charge is 0.103 e. The van der Waals surface area contributed by atoms with Gasteiger partial charge in [0.15, 0.2) is 0 Å². The van der Waals surface area contributed by atoms with E-state index < -0.39 is 0 Å². The lowest BCUT2D eigenvalue weighted by molar-refractivity contribution is 0.404. The van der Waals surface area contributed by atoms with Crippen LogP contribution in [0.3, 0.4) is 0 Å². The standard InChI is InChI=1S/C7H10/c1-7(2)5-3-4-6-7/h5-6H2,1-2H3. The molecule has 38 valence electrons. The fourth-order valence-electron chi connectivity index (χ4n) is 0.666. The average Bonchev–Trinajstić information content (AvgIpc) is 1.84. The van der Waals surface area contributed by atoms with E-state index in [4.69, 9.17) is 0 Å². The van der Waals surface area contributed by atoms with Gasteiger partial charge in [0.1, 0.15) is 0 Å². The molecule has 0 saturated heterocycles. The van der Waals surface area contributed by atoms with Gasteiger partial charge in [0.05, 0.1) is 0 Å². The molecule has 0 N–H and O–H groups in total. The molecule has 1 aliphatic rings. The van der Waals surface area contributed by atoms with E-state index in [1.165, 1.54) is 0 Å². The Morgan fingerprint density at radius 1 is 1.14 bits per heavy atom. The van der Waals surface area contributed by atoms with Gasteiger partial charge >= 0.3 is 0 Å². The molecule has 1 aliphatic carbocycles. The Balaban J connectivity index is 2.53. The highest BCUT2D eigenvalue weighted by molar-refractivity contribution is 5.11. The maximum Gasteiger partial charge on any atom is 0.0149 e. The molecule has 0 aliphatic heterocycles. The van der Waals surface area contributed by atoms with Crippen molar-refractivity contribution >= 4 is 0 Å². The SMILES string of the molecule is CC1(C)CC#CC1. The Kier molecular flexibility index (Phi) is 0.852. The Morgan fingerprint density at radius 2 is 1.57 bits per heavy atom. The van der Waals surface area contributed by atoms with Gasteiger partial charge in [-0.2, -0.15) is 0 Å². The van der Waals surface area contributed by atoms with Crippen LogP contribution in [0.15, 0.2) is 0 Å². The predicted octanol–water partition coefficient (Wildman–Crippen LogP) is 1.81. The Morgan fingerprint density at radius 3 is 1.71 bits per heavy atom. The van der Waals surface area contributed by atoms with E-state index in [1.807, 2.05) is 0 Å². The summed E-state index contributed by atoms with van der Waals surface area (Å²) in [4.78, 5) is 0. The summed E-state index contributed by atoms with van der Waals surface area (Å²) in [5.74, 6) is 6.12. The van der Waals surface area contributed by atoms with Crippen LogP contribution in [0.2, 0.25) is 0 Å². The second kappa shape index (κ2) is 1.26. The van der Waals surface area contributed by atoms with Gasteiger partial charge in [-0.25, -0.2) is 0 Å². The quantitative estimate of drug-likeness (QED) is 0.401. The zero-order chi connectivity index (χ0) is 5.33. The van der Waals surface area contributed by atoms with Crippen molar-refractivity contribution in [1.29, 1.82) is 0 Å². The highest BCUT2D eigenvalue weighted by Crippen LogP contribution is 2.26. The number of rotatable bonds is 0. The molecule has 0 aromatic heterocycles. The molecule has 0 amide bonds. The number of hydrogen-bond acceptors (Lipinski definition) is 0. The van der Waals surface area contributed by atoms with Crippen LogP contribution >= 0.6 is 0 Å². The summed E-state index contributed by atoms with van der Waals surface area (Å²) < 4.78 is 0. The summed E-state index contributed by atoms with van der Waals surface area (Å²) in [6.07, 6.45) is 2.18. The van der Waals surface area contributed by atoms with Gasteiger partial charge in [-0.3, -0.25) is 0 Å². The van der Waals surface area contributed by atoms with Gasteiger partial charge in [0.25, 0.3) is 0 Å². The van der Waals surface area contributed by atoms with Crippen molar-refractivity contribution in [2.45, 2.75) is 26.7 Å². The first-order chi connectivity index (χ1) is 3.21. The maximum atomic E-state index is 3.06. The van der Waals surface area contributed by atoms with Crippen LogP contribution in [0.4, 0.5) is 0 Å². The summed E-state index contributed by atoms with van der Waals surface area (Å²) in [6.45, 7) is 4.47. The van der Waals surface area contributed by atoms with Crippen LogP contribution in [-0.2, 0) is 0 Å². The summed E-state index contributed by atoms with van der Waals surface area (Å²) in [6, 6.07) is 0. The van der Waals surface area contributed by atoms with Gasteiger partial charge in [-0.1, -0.05) is 13.8 Å². The van der Waals surface area contributed by atoms with Crippen molar-refractivity contribution in [2.75, 3.05) is 0 Å². The molecular weight excluding hydrogens is 84.1 g/mol. The Bertz CT molecular complexity index is 109. The zero-order valence-corrected chi connectivity index (χ0v) is 4.91. The second-order valence-corrected chi connectivity index (χ2v) is 2.87. The lowest BCUT2D eigenvalue weighted by Crippen LogP contribution is -2.03. The van der Waals surface area contributed by atoms with Crippen LogP contribution in [0.1, 0.15) is 26.7 Å². The average molecular weight is 94.2 g/mol. The van der Waals surface area contributed by atoms with E-state index in [2.05, 4.69) is 25.7 Å². The third-order valence-electron chi connectivity index (χ3n) is 1.26. The molecule has 0 fully saturated rings. The van der Waals surface area contributed by atoms with Gasteiger partial charge in [0, 0.05) is 12.8 Å². The fraction of sp³-hybridized carbons (Fsp3) is 0.714. The van der Waals surface area contributed by atoms with Crippen molar-refractivity contribution in [3.63, 3.8) is 0 Å². The first kappa shape index (κ1) is 4.71. The highest BCUT2D eigenvalue weighted by atomic mass is 14.2. The Labute approximate surface area is 44.9 Å². The summed E-state index contributed by atoms with van der Waals surface area (Å²) in [7, 11) is 0. The van der Waals surface area contributed by atoms with Crippen molar-refractivity contribution in [3.05, 3.63) is 0 Å². The van der Waals surface area contributed by atoms with Crippen molar-refractivity contribution in [3.8, 4) is 11.8 Å². The molecule has 0 aromatic carbocycles. The monoisotopic (exact) mass is 94.1 g/mol. The Hall–Kier alpha value is -0.440. The molecule has 0 aromatic rings. The smallest absolute Gasteiger partial charge is 0.0149 e. The third-order valence-corrected chi connectivity index (χ3v) is 1.26. The van der Waals surface area contributed by atoms with E-state index in [0.29, 0.717) is 5.41 Å². The number of hydrogen-bond donors (Lipinski definition) is 0. The molecule has 0 heteroatoms. The molecule has 7 heavy (non-hydrogen) atoms. The molecule has 0 nitrogen and oxygen atoms in total. The van der Waals surface area contributed by atoms with Gasteiger partial charge < -0.3 is 0 Å². The molecule has 0 unspecified atom stereocenters. The zero-order valence-electron chi connectivity index (χ0n) is 4.91. The van der Waals surface area contributed by atoms with E-state index >= 15 is 0 Å². The second-order valence-electron chi connectivity index (χ2n) is 2.87. The molecule has 0 heterocycles. The third kappa shape index (κ3) is 0.962. The minimum absolute atomic E-state index is 0.472. The van der Waals surface area contributed by atoms with Gasteiger partial charge in [-0.05, 0) is 5.41 Å². The molecule has 0 saturated carbocycles. The normalized spacial score (nSPS) is 23.7. The van der Waals surface area contributed by atoms with Crippen molar-refractivity contribution in [1.82, 2.24) is 0 Å². The highest BCUT2D eigenvalue weighted by Gasteiger charge is 2.17. The van der Waals surface area contributed by atoms with Gasteiger partial charge in [-0.15, -0.1) is 11.8 Å². The van der Waals surface area contributed by atoms with Crippen molar-refractivity contribution < 1.29 is 0 Å². The molecule has 0 atom stereocenters. The summed E-state index contributed by atoms with van der Waals surface area (Å²) in [5, 5.41) is 0. The minimum Gasteiger partial charge on any atom is -0.103 e. The van der Waals surface area contributed by atoms with E-state index in [1.54, 1.807) is 0 Å². The van der Waals surface area contributed by atoms with Crippen molar-refractivity contribution in [2.24, 2.45) is 5.41 Å². The molecule has 0 spiro atoms. The predicted molar refractivity (Wildman–Crippen MR) is 30.8 cm³/mol. The summed E-state index contributed by atoms with van der Waals surface area (Å²) >= 11 is 0. The maximum absolute atomic E-state index is 3.06. The minimum atomic E-state index is 0.472. The molecular formula is C7H10. The molecule has 0 bridgehead atoms. The lowest BCUT2D eigenvalue weighted by atomic mass is 9.91. The van der Waals surface area contributed by atoms with Crippen LogP contribution in [0.25, 0.3) is 0 Å². The molecule has 1 rings (SSSR count). The topological polar surface area (TPSA) is 0 Å². The fourth-order valence-corrected chi connectivity index (χ4v) is 0.666. The van der Waals surface area contributed by atoms with E-state index in [9.17, 15) is 0 Å². The van der Waals surface area contributed by atoms with Gasteiger partial charge in [0.2, 0.25) is 0 Å². The van der Waals surface area contributed by atoms with E-state index in [0.717, 1.165) is 12.8 Å².